The third-order valence-electron chi connectivity index (χ3n) is 4.95. The molecule has 0 bridgehead atoms. The van der Waals surface area contributed by atoms with Crippen molar-refractivity contribution < 1.29 is 0 Å². The van der Waals surface area contributed by atoms with Gasteiger partial charge in [0, 0.05) is 6.04 Å². The molecule has 1 aliphatic heterocycles. The lowest BCUT2D eigenvalue weighted by Gasteiger charge is -2.32. The number of rotatable bonds is 5. The van der Waals surface area contributed by atoms with E-state index in [4.69, 9.17) is 0 Å². The molecule has 0 spiro atoms. The Bertz CT molecular complexity index is 215. The summed E-state index contributed by atoms with van der Waals surface area (Å²) in [5.74, 6) is 0.924. The standard InChI is InChI=1S/C14H28N2/c1-4-16-9-5-13(6-10-16)11-15-12(2)14(3)7-8-14/h12-13,15H,4-11H2,1-3H3. The third kappa shape index (κ3) is 2.98. The van der Waals surface area contributed by atoms with Crippen molar-refractivity contribution in [1.82, 2.24) is 10.2 Å². The molecule has 0 aromatic rings. The maximum Gasteiger partial charge on any atom is 0.00926 e. The van der Waals surface area contributed by atoms with Gasteiger partial charge in [-0.1, -0.05) is 13.8 Å². The molecule has 1 unspecified atom stereocenters. The zero-order valence-corrected chi connectivity index (χ0v) is 11.3. The Labute approximate surface area is 101 Å². The van der Waals surface area contributed by atoms with E-state index in [1.54, 1.807) is 0 Å². The first-order valence-electron chi connectivity index (χ1n) is 7.10. The van der Waals surface area contributed by atoms with Crippen LogP contribution in [0.5, 0.6) is 0 Å². The average molecular weight is 224 g/mol. The number of hydrogen-bond donors (Lipinski definition) is 1. The molecule has 2 aliphatic rings. The summed E-state index contributed by atoms with van der Waals surface area (Å²) >= 11 is 0. The Kier molecular flexibility index (Phi) is 3.91. The molecular formula is C14H28N2. The van der Waals surface area contributed by atoms with Gasteiger partial charge in [-0.15, -0.1) is 0 Å². The van der Waals surface area contributed by atoms with Crippen LogP contribution in [0.3, 0.4) is 0 Å². The van der Waals surface area contributed by atoms with Crippen LogP contribution in [0.2, 0.25) is 0 Å². The summed E-state index contributed by atoms with van der Waals surface area (Å²) in [6.45, 7) is 12.2. The molecule has 0 amide bonds. The first kappa shape index (κ1) is 12.4. The number of nitrogens with zero attached hydrogens (tertiary/aromatic N) is 1. The van der Waals surface area contributed by atoms with Gasteiger partial charge in [-0.25, -0.2) is 0 Å². The van der Waals surface area contributed by atoms with E-state index in [1.165, 1.54) is 51.9 Å². The highest BCUT2D eigenvalue weighted by Crippen LogP contribution is 2.47. The summed E-state index contributed by atoms with van der Waals surface area (Å²) in [5, 5.41) is 3.77. The first-order chi connectivity index (χ1) is 7.64. The van der Waals surface area contributed by atoms with Crippen LogP contribution in [0.4, 0.5) is 0 Å². The van der Waals surface area contributed by atoms with Gasteiger partial charge in [-0.2, -0.15) is 0 Å². The molecule has 1 saturated heterocycles. The number of nitrogens with one attached hydrogen (secondary N) is 1. The molecule has 2 heteroatoms. The summed E-state index contributed by atoms with van der Waals surface area (Å²) < 4.78 is 0. The van der Waals surface area contributed by atoms with E-state index in [2.05, 4.69) is 31.0 Å². The van der Waals surface area contributed by atoms with Crippen LogP contribution in [0, 0.1) is 11.3 Å². The summed E-state index contributed by atoms with van der Waals surface area (Å²) in [4.78, 5) is 2.57. The van der Waals surface area contributed by atoms with Gasteiger partial charge in [0.2, 0.25) is 0 Å². The topological polar surface area (TPSA) is 15.3 Å². The van der Waals surface area contributed by atoms with Gasteiger partial charge < -0.3 is 10.2 Å². The van der Waals surface area contributed by atoms with Gasteiger partial charge in [0.25, 0.3) is 0 Å². The van der Waals surface area contributed by atoms with Crippen molar-refractivity contribution in [1.29, 1.82) is 0 Å². The SMILES string of the molecule is CCN1CCC(CNC(C)C2(C)CC2)CC1. The van der Waals surface area contributed by atoms with E-state index in [-0.39, 0.29) is 0 Å². The highest BCUT2D eigenvalue weighted by atomic mass is 15.1. The highest BCUT2D eigenvalue weighted by Gasteiger charge is 2.42. The molecule has 16 heavy (non-hydrogen) atoms. The van der Waals surface area contributed by atoms with Gasteiger partial charge in [-0.3, -0.25) is 0 Å². The van der Waals surface area contributed by atoms with Crippen molar-refractivity contribution in [2.75, 3.05) is 26.2 Å². The van der Waals surface area contributed by atoms with Crippen molar-refractivity contribution in [2.24, 2.45) is 11.3 Å². The fourth-order valence-corrected chi connectivity index (χ4v) is 2.73. The van der Waals surface area contributed by atoms with E-state index in [0.717, 1.165) is 12.0 Å². The Morgan fingerprint density at radius 3 is 2.44 bits per heavy atom. The van der Waals surface area contributed by atoms with Gasteiger partial charge in [0.05, 0.1) is 0 Å². The Morgan fingerprint density at radius 2 is 1.94 bits per heavy atom. The smallest absolute Gasteiger partial charge is 0.00926 e. The monoisotopic (exact) mass is 224 g/mol. The van der Waals surface area contributed by atoms with Crippen LogP contribution >= 0.6 is 0 Å². The van der Waals surface area contributed by atoms with Crippen LogP contribution < -0.4 is 5.32 Å². The molecule has 2 fully saturated rings. The highest BCUT2D eigenvalue weighted by molar-refractivity contribution is 4.96. The summed E-state index contributed by atoms with van der Waals surface area (Å²) in [6.07, 6.45) is 5.64. The second kappa shape index (κ2) is 5.05. The number of piperidine rings is 1. The van der Waals surface area contributed by atoms with Gasteiger partial charge in [0.15, 0.2) is 0 Å². The molecule has 2 rings (SSSR count). The maximum absolute atomic E-state index is 3.77. The lowest BCUT2D eigenvalue weighted by molar-refractivity contribution is 0.184. The predicted octanol–water partition coefficient (Wildman–Crippen LogP) is 2.50. The Morgan fingerprint density at radius 1 is 1.31 bits per heavy atom. The molecule has 1 heterocycles. The number of likely N-dealkylation sites (tertiary alicyclic amines) is 1. The van der Waals surface area contributed by atoms with Crippen LogP contribution in [0.15, 0.2) is 0 Å². The zero-order chi connectivity index (χ0) is 11.6. The minimum Gasteiger partial charge on any atom is -0.313 e. The predicted molar refractivity (Wildman–Crippen MR) is 69.6 cm³/mol. The van der Waals surface area contributed by atoms with Crippen LogP contribution in [0.25, 0.3) is 0 Å². The van der Waals surface area contributed by atoms with E-state index < -0.39 is 0 Å². The molecule has 1 N–H and O–H groups in total. The fraction of sp³-hybridized carbons (Fsp3) is 1.00. The molecule has 1 atom stereocenters. The Balaban J connectivity index is 1.63. The second-order valence-electron chi connectivity index (χ2n) is 6.16. The Hall–Kier alpha value is -0.0800. The lowest BCUT2D eigenvalue weighted by atomic mass is 9.95. The number of hydrogen-bond acceptors (Lipinski definition) is 2. The average Bonchev–Trinajstić information content (AvgIpc) is 3.06. The van der Waals surface area contributed by atoms with E-state index in [0.29, 0.717) is 5.41 Å². The van der Waals surface area contributed by atoms with Crippen LogP contribution in [0.1, 0.15) is 46.5 Å². The molecule has 0 radical (unpaired) electrons. The van der Waals surface area contributed by atoms with Gasteiger partial charge in [-0.05, 0) is 70.1 Å². The lowest BCUT2D eigenvalue weighted by Crippen LogP contribution is -2.41. The van der Waals surface area contributed by atoms with Gasteiger partial charge in [0.1, 0.15) is 0 Å². The summed E-state index contributed by atoms with van der Waals surface area (Å²) in [6, 6.07) is 0.719. The van der Waals surface area contributed by atoms with E-state index in [9.17, 15) is 0 Å². The third-order valence-corrected chi connectivity index (χ3v) is 4.95. The first-order valence-corrected chi connectivity index (χ1v) is 7.10. The summed E-state index contributed by atoms with van der Waals surface area (Å²) in [7, 11) is 0. The van der Waals surface area contributed by atoms with Crippen LogP contribution in [-0.4, -0.2) is 37.1 Å². The minimum atomic E-state index is 0.629. The van der Waals surface area contributed by atoms with Gasteiger partial charge >= 0.3 is 0 Å². The molecular weight excluding hydrogens is 196 g/mol. The zero-order valence-electron chi connectivity index (χ0n) is 11.3. The largest absolute Gasteiger partial charge is 0.313 e. The summed E-state index contributed by atoms with van der Waals surface area (Å²) in [5.41, 5.74) is 0.629. The second-order valence-corrected chi connectivity index (χ2v) is 6.16. The normalized spacial score (nSPS) is 27.9. The van der Waals surface area contributed by atoms with Crippen molar-refractivity contribution in [2.45, 2.75) is 52.5 Å². The molecule has 0 aromatic carbocycles. The quantitative estimate of drug-likeness (QED) is 0.772. The van der Waals surface area contributed by atoms with Crippen molar-refractivity contribution in [3.05, 3.63) is 0 Å². The molecule has 1 saturated carbocycles. The fourth-order valence-electron chi connectivity index (χ4n) is 2.73. The molecule has 94 valence electrons. The van der Waals surface area contributed by atoms with Crippen LogP contribution in [-0.2, 0) is 0 Å². The van der Waals surface area contributed by atoms with E-state index >= 15 is 0 Å². The maximum atomic E-state index is 3.77. The molecule has 2 nitrogen and oxygen atoms in total. The van der Waals surface area contributed by atoms with E-state index in [1.807, 2.05) is 0 Å². The minimum absolute atomic E-state index is 0.629. The molecule has 1 aliphatic carbocycles. The van der Waals surface area contributed by atoms with Crippen molar-refractivity contribution in [3.63, 3.8) is 0 Å². The van der Waals surface area contributed by atoms with Crippen molar-refractivity contribution in [3.8, 4) is 0 Å². The molecule has 0 aromatic heterocycles. The van der Waals surface area contributed by atoms with Crippen molar-refractivity contribution >= 4 is 0 Å².